The van der Waals surface area contributed by atoms with E-state index in [0.717, 1.165) is 55.7 Å². The molecule has 6 rings (SSSR count). The van der Waals surface area contributed by atoms with Gasteiger partial charge >= 0.3 is 0 Å². The minimum absolute atomic E-state index is 0.111. The number of nitrogens with two attached hydrogens (primary N) is 2. The molecule has 28 nitrogen and oxygen atoms in total. The molecule has 0 bridgehead atoms. The normalized spacial score (nSPS) is 12.4. The number of anilines is 4. The summed E-state index contributed by atoms with van der Waals surface area (Å²) in [6.07, 6.45) is 0. The lowest BCUT2D eigenvalue weighted by atomic mass is 10.1. The second-order valence-corrected chi connectivity index (χ2v) is 22.9. The van der Waals surface area contributed by atoms with Gasteiger partial charge in [-0.2, -0.15) is 32.2 Å². The van der Waals surface area contributed by atoms with E-state index in [1.54, 1.807) is 48.5 Å². The maximum Gasteiger partial charge on any atom is 0.296 e. The predicted octanol–water partition coefficient (Wildman–Crippen LogP) is 9.59. The first-order valence-corrected chi connectivity index (χ1v) is 28.6. The second kappa shape index (κ2) is 26.5. The number of benzene rings is 6. The SMILES string of the molecule is CCN(CC)c1ccc(N=Nc2ccc(NS(=O)(=O)c3ccc(C)cc3)cc2)c(N)c1.CN=Nc1c(S(=O)(=O)O)cc2cc(SOOO)c(N=Nc3ccc(S(=O)(=O)CCOSOOO)cc3S(=O)(=O)O)c(N)c2c1O. The van der Waals surface area contributed by atoms with Gasteiger partial charge in [0.25, 0.3) is 30.3 Å². The topological polar surface area (TPSA) is 425 Å². The summed E-state index contributed by atoms with van der Waals surface area (Å²) in [5.74, 6) is -1.58. The molecular formula is C42H46N10O18S6. The van der Waals surface area contributed by atoms with Crippen LogP contribution in [0.15, 0.2) is 152 Å². The zero-order valence-corrected chi connectivity index (χ0v) is 44.7. The van der Waals surface area contributed by atoms with Gasteiger partial charge in [-0.3, -0.25) is 18.0 Å². The highest BCUT2D eigenvalue weighted by Gasteiger charge is 2.27. The van der Waals surface area contributed by atoms with E-state index in [1.165, 1.54) is 0 Å². The minimum atomic E-state index is -5.14. The predicted molar refractivity (Wildman–Crippen MR) is 279 cm³/mol. The number of nitrogens with one attached hydrogen (secondary N) is 1. The Morgan fingerprint density at radius 3 is 1.89 bits per heavy atom. The number of sulfone groups is 1. The van der Waals surface area contributed by atoms with Crippen molar-refractivity contribution in [3.63, 3.8) is 0 Å². The lowest BCUT2D eigenvalue weighted by Gasteiger charge is -2.21. The maximum atomic E-state index is 12.6. The Labute approximate surface area is 443 Å². The molecule has 0 heterocycles. The summed E-state index contributed by atoms with van der Waals surface area (Å²) in [4.78, 5) is -0.209. The first-order chi connectivity index (χ1) is 35.9. The summed E-state index contributed by atoms with van der Waals surface area (Å²) in [5.41, 5.74) is 14.4. The smallest absolute Gasteiger partial charge is 0.296 e. The summed E-state index contributed by atoms with van der Waals surface area (Å²) in [7, 11) is -16.8. The van der Waals surface area contributed by atoms with E-state index in [2.05, 4.69) is 77.1 Å². The monoisotopic (exact) mass is 1170 g/mol. The average Bonchev–Trinajstić information content (AvgIpc) is 3.36. The van der Waals surface area contributed by atoms with E-state index in [1.807, 2.05) is 25.1 Å². The Hall–Kier alpha value is -6.48. The van der Waals surface area contributed by atoms with Gasteiger partial charge < -0.3 is 21.5 Å². The largest absolute Gasteiger partial charge is 0.505 e. The van der Waals surface area contributed by atoms with Crippen LogP contribution in [-0.2, 0) is 63.0 Å². The zero-order valence-electron chi connectivity index (χ0n) is 39.8. The molecule has 0 atom stereocenters. The summed E-state index contributed by atoms with van der Waals surface area (Å²) in [6, 6.07) is 23.5. The number of hydrogen-bond acceptors (Lipinski definition) is 27. The summed E-state index contributed by atoms with van der Waals surface area (Å²) >= 11 is 0.351. The molecule has 0 aromatic heterocycles. The van der Waals surface area contributed by atoms with Gasteiger partial charge in [-0.1, -0.05) is 27.8 Å². The highest BCUT2D eigenvalue weighted by atomic mass is 32.2. The van der Waals surface area contributed by atoms with Crippen LogP contribution in [0.3, 0.4) is 0 Å². The first-order valence-electron chi connectivity index (χ1n) is 21.2. The summed E-state index contributed by atoms with van der Waals surface area (Å²) in [6.45, 7) is 7.40. The van der Waals surface area contributed by atoms with Crippen LogP contribution in [0, 0.1) is 6.92 Å². The van der Waals surface area contributed by atoms with Crippen LogP contribution in [0.25, 0.3) is 10.8 Å². The molecule has 0 aliphatic carbocycles. The lowest BCUT2D eigenvalue weighted by molar-refractivity contribution is -0.434. The van der Waals surface area contributed by atoms with Crippen molar-refractivity contribution in [2.45, 2.75) is 45.2 Å². The fourth-order valence-electron chi connectivity index (χ4n) is 6.59. The quantitative estimate of drug-likeness (QED) is 0.00562. The van der Waals surface area contributed by atoms with E-state index in [-0.39, 0.29) is 44.9 Å². The number of sulfonamides is 1. The van der Waals surface area contributed by atoms with E-state index < -0.39 is 95.6 Å². The van der Waals surface area contributed by atoms with Crippen LogP contribution in [0.4, 0.5) is 51.2 Å². The third-order valence-electron chi connectivity index (χ3n) is 10.2. The van der Waals surface area contributed by atoms with Crippen molar-refractivity contribution in [2.24, 2.45) is 30.7 Å². The molecule has 76 heavy (non-hydrogen) atoms. The first kappa shape index (κ1) is 60.4. The number of phenols is 1. The number of hydrogen-bond donors (Lipinski definition) is 8. The van der Waals surface area contributed by atoms with Crippen molar-refractivity contribution < 1.29 is 81.3 Å². The van der Waals surface area contributed by atoms with Crippen LogP contribution < -0.4 is 21.1 Å². The third kappa shape index (κ3) is 15.8. The fourth-order valence-corrected chi connectivity index (χ4v) is 11.0. The number of aromatic hydroxyl groups is 1. The maximum absolute atomic E-state index is 12.6. The van der Waals surface area contributed by atoms with Crippen LogP contribution in [0.1, 0.15) is 19.4 Å². The Balaban J connectivity index is 0.000000300. The Morgan fingerprint density at radius 2 is 1.30 bits per heavy atom. The van der Waals surface area contributed by atoms with Crippen molar-refractivity contribution in [1.82, 2.24) is 0 Å². The molecule has 0 amide bonds. The second-order valence-electron chi connectivity index (χ2n) is 15.0. The Morgan fingerprint density at radius 1 is 0.684 bits per heavy atom. The van der Waals surface area contributed by atoms with Crippen LogP contribution >= 0.6 is 24.4 Å². The number of azo groups is 3. The fraction of sp³-hybridized carbons (Fsp3) is 0.190. The lowest BCUT2D eigenvalue weighted by Crippen LogP contribution is -2.21. The molecule has 0 spiro atoms. The molecule has 0 fully saturated rings. The van der Waals surface area contributed by atoms with Gasteiger partial charge in [0.15, 0.2) is 27.9 Å². The number of phenolic OH excluding ortho intramolecular Hbond substituents is 1. The van der Waals surface area contributed by atoms with Gasteiger partial charge in [-0.25, -0.2) is 27.4 Å². The standard InChI is InChI=1S/C23H27N5O2S.C19H19N5O16S5/c1-4-28(5-2)20-12-15-23(22(24)16-20)26-25-18-8-10-19(11-9-18)27-31(29,30)21-13-6-17(3)7-14-21;1-21-23-18-14(45(33,34)35)7-9-6-12(41-39-37-26)17(16(20)15(9)19(18)25)24-22-11-3-2-10(8-13(11)44(30,31)32)43(28,29)5-4-36-42-40-38-27/h6-16,27H,4-5,24H2,1-3H3;2-3,6-8,25-27H,4-5,20H2,1H3,(H,30,31,32)(H,33,34,35). The van der Waals surface area contributed by atoms with Crippen LogP contribution in [0.5, 0.6) is 5.75 Å². The van der Waals surface area contributed by atoms with E-state index >= 15 is 0 Å². The van der Waals surface area contributed by atoms with E-state index in [0.29, 0.717) is 28.8 Å². The van der Waals surface area contributed by atoms with Crippen molar-refractivity contribution >= 4 is 126 Å². The van der Waals surface area contributed by atoms with Gasteiger partial charge in [-0.15, -0.1) is 24.0 Å². The molecule has 0 aliphatic heterocycles. The van der Waals surface area contributed by atoms with Crippen LogP contribution in [-0.4, -0.2) is 90.9 Å². The molecule has 10 N–H and O–H groups in total. The Kier molecular flexibility index (Phi) is 21.1. The average molecular weight is 1170 g/mol. The summed E-state index contributed by atoms with van der Waals surface area (Å²) < 4.78 is 133. The molecule has 6 aromatic rings. The van der Waals surface area contributed by atoms with E-state index in [9.17, 15) is 47.9 Å². The van der Waals surface area contributed by atoms with Gasteiger partial charge in [0.05, 0.1) is 61.5 Å². The molecular weight excluding hydrogens is 1120 g/mol. The zero-order chi connectivity index (χ0) is 56.0. The molecule has 0 saturated heterocycles. The van der Waals surface area contributed by atoms with Crippen molar-refractivity contribution in [3.05, 3.63) is 103 Å². The molecule has 34 heteroatoms. The molecule has 0 aliphatic rings. The molecule has 0 radical (unpaired) electrons. The highest BCUT2D eigenvalue weighted by Crippen LogP contribution is 2.49. The number of nitrogens with zero attached hydrogens (tertiary/aromatic N) is 7. The van der Waals surface area contributed by atoms with Gasteiger partial charge in [0.1, 0.15) is 32.5 Å². The number of aryl methyl sites for hydroxylation is 1. The van der Waals surface area contributed by atoms with Gasteiger partial charge in [0, 0.05) is 31.5 Å². The van der Waals surface area contributed by atoms with Crippen molar-refractivity contribution in [2.75, 3.05) is 53.6 Å². The molecule has 6 aromatic carbocycles. The van der Waals surface area contributed by atoms with E-state index in [4.69, 9.17) is 22.0 Å². The Bertz CT molecular complexity index is 3590. The molecule has 408 valence electrons. The van der Waals surface area contributed by atoms with Crippen molar-refractivity contribution in [3.8, 4) is 5.75 Å². The van der Waals surface area contributed by atoms with Crippen LogP contribution in [0.2, 0.25) is 0 Å². The number of nitrogen functional groups attached to an aromatic ring is 2. The molecule has 0 unspecified atom stereocenters. The van der Waals surface area contributed by atoms with Gasteiger partial charge in [-0.05, 0) is 111 Å². The van der Waals surface area contributed by atoms with Crippen molar-refractivity contribution in [1.29, 1.82) is 0 Å². The minimum Gasteiger partial charge on any atom is -0.505 e. The third-order valence-corrected chi connectivity index (χ3v) is 16.0. The summed E-state index contributed by atoms with van der Waals surface area (Å²) in [5, 5.41) is 56.9. The number of fused-ring (bicyclic) bond motifs is 1. The highest BCUT2D eigenvalue weighted by molar-refractivity contribution is 7.94. The molecule has 0 saturated carbocycles. The number of rotatable bonds is 23. The van der Waals surface area contributed by atoms with Gasteiger partial charge in [0.2, 0.25) is 0 Å².